The second-order valence-electron chi connectivity index (χ2n) is 6.24. The van der Waals surface area contributed by atoms with Crippen LogP contribution in [0, 0.1) is 0 Å². The summed E-state index contributed by atoms with van der Waals surface area (Å²) in [5.41, 5.74) is 1.32. The third-order valence-electron chi connectivity index (χ3n) is 4.73. The van der Waals surface area contributed by atoms with Crippen molar-refractivity contribution in [1.29, 1.82) is 0 Å². The fraction of sp³-hybridized carbons (Fsp3) is 0.263. The normalized spacial score (nSPS) is 19.7. The van der Waals surface area contributed by atoms with Gasteiger partial charge in [0.2, 0.25) is 0 Å². The molecule has 1 aliphatic rings. The lowest BCUT2D eigenvalue weighted by molar-refractivity contribution is -0.136. The van der Waals surface area contributed by atoms with Crippen LogP contribution in [-0.4, -0.2) is 40.4 Å². The van der Waals surface area contributed by atoms with Crippen molar-refractivity contribution < 1.29 is 24.5 Å². The van der Waals surface area contributed by atoms with Gasteiger partial charge in [-0.3, -0.25) is 0 Å². The van der Waals surface area contributed by atoms with E-state index in [1.54, 1.807) is 14.0 Å². The summed E-state index contributed by atoms with van der Waals surface area (Å²) in [4.78, 5) is 22.8. The Labute approximate surface area is 150 Å². The lowest BCUT2D eigenvalue weighted by atomic mass is 9.86. The molecule has 26 heavy (non-hydrogen) atoms. The standard InChI is InChI=1S/C19H20N2O5/c1-19(14(18(24)25)11-17(22)23)16-8-7-15(21(16)10-9-20-19)12-3-5-13(26-2)6-4-12/h3-8,11,20H,9-10H2,1-2H3,(H,22,23)(H,24,25). The van der Waals surface area contributed by atoms with Crippen molar-refractivity contribution in [2.75, 3.05) is 13.7 Å². The van der Waals surface area contributed by atoms with Crippen LogP contribution in [-0.2, 0) is 21.7 Å². The van der Waals surface area contributed by atoms with E-state index in [1.807, 2.05) is 41.0 Å². The van der Waals surface area contributed by atoms with Gasteiger partial charge in [-0.15, -0.1) is 0 Å². The van der Waals surface area contributed by atoms with Gasteiger partial charge in [0.1, 0.15) is 5.75 Å². The molecule has 0 spiro atoms. The molecule has 1 aliphatic heterocycles. The van der Waals surface area contributed by atoms with Crippen LogP contribution in [0.1, 0.15) is 12.6 Å². The Morgan fingerprint density at radius 2 is 1.88 bits per heavy atom. The van der Waals surface area contributed by atoms with Gasteiger partial charge >= 0.3 is 11.9 Å². The summed E-state index contributed by atoms with van der Waals surface area (Å²) in [5.74, 6) is -1.80. The number of methoxy groups -OCH3 is 1. The number of aromatic nitrogens is 1. The van der Waals surface area contributed by atoms with Gasteiger partial charge < -0.3 is 24.8 Å². The predicted octanol–water partition coefficient (Wildman–Crippen LogP) is 2.08. The van der Waals surface area contributed by atoms with Crippen LogP contribution in [0.25, 0.3) is 11.3 Å². The summed E-state index contributed by atoms with van der Waals surface area (Å²) in [7, 11) is 1.60. The first-order valence-corrected chi connectivity index (χ1v) is 8.14. The van der Waals surface area contributed by atoms with E-state index < -0.39 is 17.5 Å². The number of fused-ring (bicyclic) bond motifs is 1. The molecule has 0 amide bonds. The predicted molar refractivity (Wildman–Crippen MR) is 95.1 cm³/mol. The number of aliphatic carboxylic acids is 2. The second kappa shape index (κ2) is 6.68. The number of carbonyl (C=O) groups is 2. The maximum absolute atomic E-state index is 11.7. The highest BCUT2D eigenvalue weighted by Gasteiger charge is 2.40. The maximum Gasteiger partial charge on any atom is 0.334 e. The van der Waals surface area contributed by atoms with Crippen LogP contribution in [0.2, 0.25) is 0 Å². The number of nitrogens with zero attached hydrogens (tertiary/aromatic N) is 1. The number of hydrogen-bond acceptors (Lipinski definition) is 4. The first-order valence-electron chi connectivity index (χ1n) is 8.14. The minimum Gasteiger partial charge on any atom is -0.497 e. The Hall–Kier alpha value is -3.06. The monoisotopic (exact) mass is 356 g/mol. The number of carboxylic acids is 2. The van der Waals surface area contributed by atoms with Gasteiger partial charge in [0, 0.05) is 30.6 Å². The van der Waals surface area contributed by atoms with Crippen molar-refractivity contribution in [3.63, 3.8) is 0 Å². The molecule has 1 unspecified atom stereocenters. The van der Waals surface area contributed by atoms with E-state index in [0.717, 1.165) is 23.1 Å². The molecule has 2 aromatic rings. The fourth-order valence-corrected chi connectivity index (χ4v) is 3.44. The van der Waals surface area contributed by atoms with Gasteiger partial charge in [-0.2, -0.15) is 0 Å². The van der Waals surface area contributed by atoms with Crippen molar-refractivity contribution in [2.45, 2.75) is 19.0 Å². The minimum absolute atomic E-state index is 0.203. The molecule has 1 aromatic heterocycles. The van der Waals surface area contributed by atoms with Crippen LogP contribution in [0.4, 0.5) is 0 Å². The highest BCUT2D eigenvalue weighted by atomic mass is 16.5. The zero-order valence-electron chi connectivity index (χ0n) is 14.5. The molecule has 3 N–H and O–H groups in total. The van der Waals surface area contributed by atoms with E-state index in [-0.39, 0.29) is 5.57 Å². The summed E-state index contributed by atoms with van der Waals surface area (Å²) in [6, 6.07) is 11.4. The lowest BCUT2D eigenvalue weighted by Crippen LogP contribution is -2.50. The van der Waals surface area contributed by atoms with Crippen LogP contribution in [0.3, 0.4) is 0 Å². The van der Waals surface area contributed by atoms with E-state index in [0.29, 0.717) is 18.8 Å². The maximum atomic E-state index is 11.7. The van der Waals surface area contributed by atoms with Crippen molar-refractivity contribution in [1.82, 2.24) is 9.88 Å². The molecular formula is C19H20N2O5. The Morgan fingerprint density at radius 1 is 1.19 bits per heavy atom. The third-order valence-corrected chi connectivity index (χ3v) is 4.73. The molecule has 0 fully saturated rings. The zero-order chi connectivity index (χ0) is 18.9. The number of hydrogen-bond donors (Lipinski definition) is 3. The summed E-state index contributed by atoms with van der Waals surface area (Å²) >= 11 is 0. The largest absolute Gasteiger partial charge is 0.497 e. The molecule has 7 heteroatoms. The van der Waals surface area contributed by atoms with Crippen LogP contribution in [0.5, 0.6) is 5.75 Å². The molecule has 2 heterocycles. The van der Waals surface area contributed by atoms with Gasteiger partial charge in [-0.25, -0.2) is 9.59 Å². The number of carboxylic acid groups (broad SMARTS) is 2. The molecule has 136 valence electrons. The van der Waals surface area contributed by atoms with Gasteiger partial charge in [0.15, 0.2) is 0 Å². The highest BCUT2D eigenvalue weighted by Crippen LogP contribution is 2.36. The average Bonchev–Trinajstić information content (AvgIpc) is 3.05. The van der Waals surface area contributed by atoms with Crippen molar-refractivity contribution in [3.8, 4) is 17.0 Å². The summed E-state index contributed by atoms with van der Waals surface area (Å²) < 4.78 is 7.21. The number of benzene rings is 1. The molecular weight excluding hydrogens is 336 g/mol. The van der Waals surface area contributed by atoms with Crippen LogP contribution in [0.15, 0.2) is 48.0 Å². The topological polar surface area (TPSA) is 101 Å². The van der Waals surface area contributed by atoms with Gasteiger partial charge in [-0.05, 0) is 48.9 Å². The average molecular weight is 356 g/mol. The lowest BCUT2D eigenvalue weighted by Gasteiger charge is -2.37. The van der Waals surface area contributed by atoms with E-state index in [9.17, 15) is 14.7 Å². The summed E-state index contributed by atoms with van der Waals surface area (Å²) in [5, 5.41) is 21.8. The molecule has 1 aromatic carbocycles. The molecule has 0 radical (unpaired) electrons. The number of ether oxygens (including phenoxy) is 1. The number of rotatable bonds is 5. The molecule has 0 bridgehead atoms. The molecule has 7 nitrogen and oxygen atoms in total. The summed E-state index contributed by atoms with van der Waals surface area (Å²) in [6.45, 7) is 2.86. The second-order valence-corrected chi connectivity index (χ2v) is 6.24. The fourth-order valence-electron chi connectivity index (χ4n) is 3.44. The molecule has 1 atom stereocenters. The third kappa shape index (κ3) is 2.97. The molecule has 3 rings (SSSR count). The minimum atomic E-state index is -1.29. The Kier molecular flexibility index (Phi) is 4.56. The van der Waals surface area contributed by atoms with Gasteiger partial charge in [0.25, 0.3) is 0 Å². The Balaban J connectivity index is 2.10. The smallest absolute Gasteiger partial charge is 0.334 e. The van der Waals surface area contributed by atoms with Gasteiger partial charge in [0.05, 0.1) is 18.2 Å². The van der Waals surface area contributed by atoms with E-state index in [2.05, 4.69) is 5.32 Å². The molecule has 0 saturated heterocycles. The number of nitrogens with one attached hydrogen (secondary N) is 1. The van der Waals surface area contributed by atoms with Crippen LogP contribution < -0.4 is 10.1 Å². The first kappa shape index (κ1) is 17.8. The molecule has 0 saturated carbocycles. The zero-order valence-corrected chi connectivity index (χ0v) is 14.5. The van der Waals surface area contributed by atoms with Crippen molar-refractivity contribution >= 4 is 11.9 Å². The van der Waals surface area contributed by atoms with Gasteiger partial charge in [-0.1, -0.05) is 0 Å². The van der Waals surface area contributed by atoms with Crippen molar-refractivity contribution in [2.24, 2.45) is 0 Å². The molecule has 0 aliphatic carbocycles. The first-order chi connectivity index (χ1) is 12.4. The SMILES string of the molecule is COc1ccc(-c2ccc3n2CCNC3(C)C(=CC(=O)O)C(=O)O)cc1. The van der Waals surface area contributed by atoms with Crippen LogP contribution >= 0.6 is 0 Å². The quantitative estimate of drug-likeness (QED) is 0.709. The van der Waals surface area contributed by atoms with E-state index in [4.69, 9.17) is 9.84 Å². The highest BCUT2D eigenvalue weighted by molar-refractivity contribution is 5.96. The Morgan fingerprint density at radius 3 is 2.46 bits per heavy atom. The van der Waals surface area contributed by atoms with E-state index in [1.165, 1.54) is 0 Å². The summed E-state index contributed by atoms with van der Waals surface area (Å²) in [6.07, 6.45) is 0.755. The Bertz CT molecular complexity index is 882. The van der Waals surface area contributed by atoms with E-state index >= 15 is 0 Å². The van der Waals surface area contributed by atoms with Crippen molar-refractivity contribution in [3.05, 3.63) is 53.7 Å².